The maximum atomic E-state index is 12.1. The zero-order chi connectivity index (χ0) is 21.2. The number of ether oxygens (including phenoxy) is 1. The summed E-state index contributed by atoms with van der Waals surface area (Å²) >= 11 is 0. The van der Waals surface area contributed by atoms with E-state index in [4.69, 9.17) is 10.00 Å². The first-order valence-corrected chi connectivity index (χ1v) is 9.39. The minimum atomic E-state index is -0.285. The highest BCUT2D eigenvalue weighted by Gasteiger charge is 2.10. The van der Waals surface area contributed by atoms with Crippen molar-refractivity contribution in [3.05, 3.63) is 66.4 Å². The highest BCUT2D eigenvalue weighted by molar-refractivity contribution is 5.89. The minimum Gasteiger partial charge on any atom is -0.497 e. The van der Waals surface area contributed by atoms with Gasteiger partial charge in [0.15, 0.2) is 0 Å². The first kappa shape index (κ1) is 20.6. The van der Waals surface area contributed by atoms with Crippen LogP contribution >= 0.6 is 0 Å². The fourth-order valence-electron chi connectivity index (χ4n) is 2.76. The molecule has 152 valence electrons. The molecule has 1 amide bonds. The lowest BCUT2D eigenvalue weighted by molar-refractivity contribution is -0.119. The number of aromatic nitrogens is 2. The predicted octanol–water partition coefficient (Wildman–Crippen LogP) is 3.03. The van der Waals surface area contributed by atoms with Gasteiger partial charge in [-0.25, -0.2) is 5.43 Å². The van der Waals surface area contributed by atoms with Gasteiger partial charge in [0.05, 0.1) is 38.9 Å². The molecule has 3 rings (SSSR count). The molecule has 0 saturated heterocycles. The molecule has 1 heterocycles. The Hall–Kier alpha value is -4.12. The van der Waals surface area contributed by atoms with Crippen molar-refractivity contribution < 1.29 is 9.53 Å². The molecular formula is C22H22N6O2. The fraction of sp³-hybridized carbons (Fsp3) is 0.182. The molecule has 0 fully saturated rings. The van der Waals surface area contributed by atoms with Crippen molar-refractivity contribution in [2.45, 2.75) is 13.0 Å². The Morgan fingerprint density at radius 1 is 1.27 bits per heavy atom. The number of anilines is 1. The summed E-state index contributed by atoms with van der Waals surface area (Å²) in [5.41, 5.74) is 5.70. The maximum absolute atomic E-state index is 12.1. The smallest absolute Gasteiger partial charge is 0.259 e. The Bertz CT molecular complexity index is 1050. The third-order valence-electron chi connectivity index (χ3n) is 4.21. The molecule has 0 aliphatic rings. The van der Waals surface area contributed by atoms with Crippen LogP contribution in [0.4, 0.5) is 5.69 Å². The van der Waals surface area contributed by atoms with Gasteiger partial charge in [0.2, 0.25) is 0 Å². The lowest BCUT2D eigenvalue weighted by Gasteiger charge is -2.06. The zero-order valence-electron chi connectivity index (χ0n) is 16.6. The van der Waals surface area contributed by atoms with Crippen molar-refractivity contribution in [1.82, 2.24) is 15.2 Å². The molecule has 0 bridgehead atoms. The third kappa shape index (κ3) is 5.69. The van der Waals surface area contributed by atoms with Crippen molar-refractivity contribution in [3.63, 3.8) is 0 Å². The normalized spacial score (nSPS) is 10.5. The second-order valence-electron chi connectivity index (χ2n) is 6.35. The van der Waals surface area contributed by atoms with E-state index in [9.17, 15) is 4.79 Å². The number of hydrogen-bond acceptors (Lipinski definition) is 6. The molecule has 0 aliphatic heterocycles. The van der Waals surface area contributed by atoms with Gasteiger partial charge in [-0.15, -0.1) is 0 Å². The number of aryl methyl sites for hydroxylation is 1. The van der Waals surface area contributed by atoms with Gasteiger partial charge in [-0.05, 0) is 12.1 Å². The van der Waals surface area contributed by atoms with Crippen molar-refractivity contribution in [3.8, 4) is 23.1 Å². The topological polar surface area (TPSA) is 104 Å². The van der Waals surface area contributed by atoms with E-state index in [-0.39, 0.29) is 12.5 Å². The van der Waals surface area contributed by atoms with Crippen LogP contribution in [0.15, 0.2) is 65.9 Å². The fourth-order valence-corrected chi connectivity index (χ4v) is 2.76. The molecule has 0 radical (unpaired) electrons. The number of nitrogens with one attached hydrogen (secondary N) is 2. The average Bonchev–Trinajstić information content (AvgIpc) is 3.20. The number of nitriles is 1. The molecule has 0 spiro atoms. The lowest BCUT2D eigenvalue weighted by atomic mass is 10.1. The number of nitrogens with zero attached hydrogens (tertiary/aromatic N) is 4. The van der Waals surface area contributed by atoms with Crippen molar-refractivity contribution in [2.75, 3.05) is 19.0 Å². The molecule has 0 atom stereocenters. The van der Waals surface area contributed by atoms with E-state index in [1.807, 2.05) is 54.7 Å². The van der Waals surface area contributed by atoms with Crippen molar-refractivity contribution in [1.29, 1.82) is 5.26 Å². The van der Waals surface area contributed by atoms with Gasteiger partial charge in [-0.3, -0.25) is 9.48 Å². The quantitative estimate of drug-likeness (QED) is 0.423. The molecular weight excluding hydrogens is 380 g/mol. The summed E-state index contributed by atoms with van der Waals surface area (Å²) in [7, 11) is 1.59. The minimum absolute atomic E-state index is 0.0669. The number of carbonyl (C=O) groups excluding carboxylic acids is 1. The maximum Gasteiger partial charge on any atom is 0.259 e. The zero-order valence-corrected chi connectivity index (χ0v) is 16.6. The van der Waals surface area contributed by atoms with Crippen LogP contribution in [-0.2, 0) is 11.3 Å². The number of amides is 1. The van der Waals surface area contributed by atoms with Crippen LogP contribution in [0.1, 0.15) is 12.0 Å². The second-order valence-corrected chi connectivity index (χ2v) is 6.35. The Kier molecular flexibility index (Phi) is 7.17. The molecule has 0 saturated carbocycles. The van der Waals surface area contributed by atoms with E-state index >= 15 is 0 Å². The van der Waals surface area contributed by atoms with Crippen LogP contribution in [-0.4, -0.2) is 35.6 Å². The van der Waals surface area contributed by atoms with Crippen LogP contribution in [0, 0.1) is 11.3 Å². The molecule has 0 aliphatic carbocycles. The summed E-state index contributed by atoms with van der Waals surface area (Å²) in [6, 6.07) is 19.1. The summed E-state index contributed by atoms with van der Waals surface area (Å²) in [6.45, 7) is 0.554. The SMILES string of the molecule is COc1cccc(NCC(=O)N/N=C\c2cn(CCC#N)nc2-c2ccccc2)c1. The molecule has 0 unspecified atom stereocenters. The van der Waals surface area contributed by atoms with Gasteiger partial charge in [0, 0.05) is 29.1 Å². The molecule has 2 N–H and O–H groups in total. The monoisotopic (exact) mass is 402 g/mol. The largest absolute Gasteiger partial charge is 0.497 e. The number of hydrogen-bond donors (Lipinski definition) is 2. The van der Waals surface area contributed by atoms with Gasteiger partial charge < -0.3 is 10.1 Å². The van der Waals surface area contributed by atoms with Gasteiger partial charge in [0.1, 0.15) is 11.4 Å². The molecule has 8 heteroatoms. The van der Waals surface area contributed by atoms with Gasteiger partial charge in [-0.1, -0.05) is 36.4 Å². The average molecular weight is 402 g/mol. The van der Waals surface area contributed by atoms with Crippen LogP contribution in [0.3, 0.4) is 0 Å². The Morgan fingerprint density at radius 3 is 2.87 bits per heavy atom. The summed E-state index contributed by atoms with van der Waals surface area (Å²) in [5, 5.41) is 20.4. The van der Waals surface area contributed by atoms with Crippen LogP contribution < -0.4 is 15.5 Å². The van der Waals surface area contributed by atoms with Crippen molar-refractivity contribution in [2.24, 2.45) is 5.10 Å². The summed E-state index contributed by atoms with van der Waals surface area (Å²) in [4.78, 5) is 12.1. The Balaban J connectivity index is 1.63. The van der Waals surface area contributed by atoms with Crippen molar-refractivity contribution >= 4 is 17.8 Å². The van der Waals surface area contributed by atoms with E-state index in [1.165, 1.54) is 0 Å². The standard InChI is InChI=1S/C22H22N6O2/c1-30-20-10-5-9-19(13-20)24-15-21(29)26-25-14-18-16-28(12-6-11-23)27-22(18)17-7-3-2-4-8-17/h2-5,7-10,13-14,16,24H,6,12,15H2,1H3,(H,26,29)/b25-14-. The predicted molar refractivity (Wildman–Crippen MR) is 115 cm³/mol. The number of benzene rings is 2. The first-order valence-electron chi connectivity index (χ1n) is 9.39. The van der Waals surface area contributed by atoms with E-state index in [0.717, 1.165) is 22.5 Å². The van der Waals surface area contributed by atoms with E-state index in [1.54, 1.807) is 24.1 Å². The number of carbonyl (C=O) groups is 1. The van der Waals surface area contributed by atoms with E-state index < -0.39 is 0 Å². The van der Waals surface area contributed by atoms with Gasteiger partial charge >= 0.3 is 0 Å². The number of rotatable bonds is 9. The molecule has 8 nitrogen and oxygen atoms in total. The second kappa shape index (κ2) is 10.4. The van der Waals surface area contributed by atoms with Crippen LogP contribution in [0.25, 0.3) is 11.3 Å². The third-order valence-corrected chi connectivity index (χ3v) is 4.21. The van der Waals surface area contributed by atoms with Gasteiger partial charge in [0.25, 0.3) is 5.91 Å². The number of hydrazone groups is 1. The Labute approximate surface area is 174 Å². The van der Waals surface area contributed by atoms with E-state index in [2.05, 4.69) is 27.0 Å². The highest BCUT2D eigenvalue weighted by Crippen LogP contribution is 2.20. The summed E-state index contributed by atoms with van der Waals surface area (Å²) in [5.74, 6) is 0.424. The summed E-state index contributed by atoms with van der Waals surface area (Å²) in [6.07, 6.45) is 3.73. The highest BCUT2D eigenvalue weighted by atomic mass is 16.5. The number of methoxy groups -OCH3 is 1. The Morgan fingerprint density at radius 2 is 2.10 bits per heavy atom. The molecule has 3 aromatic rings. The summed E-state index contributed by atoms with van der Waals surface area (Å²) < 4.78 is 6.87. The molecule has 30 heavy (non-hydrogen) atoms. The molecule has 1 aromatic heterocycles. The van der Waals surface area contributed by atoms with E-state index in [0.29, 0.717) is 18.7 Å². The first-order chi connectivity index (χ1) is 14.7. The van der Waals surface area contributed by atoms with Gasteiger partial charge in [-0.2, -0.15) is 15.5 Å². The molecule has 2 aromatic carbocycles. The van der Waals surface area contributed by atoms with Crippen LogP contribution in [0.2, 0.25) is 0 Å². The van der Waals surface area contributed by atoms with Crippen LogP contribution in [0.5, 0.6) is 5.75 Å². The lowest BCUT2D eigenvalue weighted by Crippen LogP contribution is -2.25.